The van der Waals surface area contributed by atoms with Crippen molar-refractivity contribution in [3.05, 3.63) is 23.5 Å². The van der Waals surface area contributed by atoms with Crippen LogP contribution in [0.4, 0.5) is 4.39 Å². The number of halogens is 1. The molecule has 3 N–H and O–H groups in total. The normalized spacial score (nSPS) is 18.3. The molecule has 0 saturated heterocycles. The molecule has 1 aromatic carbocycles. The van der Waals surface area contributed by atoms with E-state index in [1.54, 1.807) is 0 Å². The van der Waals surface area contributed by atoms with Gasteiger partial charge in [0.25, 0.3) is 0 Å². The van der Waals surface area contributed by atoms with E-state index in [1.165, 1.54) is 19.2 Å². The van der Waals surface area contributed by atoms with Gasteiger partial charge in [0.2, 0.25) is 0 Å². The van der Waals surface area contributed by atoms with Crippen LogP contribution in [0.15, 0.2) is 12.1 Å². The molecule has 4 heteroatoms. The Morgan fingerprint density at radius 2 is 2.06 bits per heavy atom. The third kappa shape index (κ3) is 1.97. The summed E-state index contributed by atoms with van der Waals surface area (Å²) >= 11 is 0. The van der Waals surface area contributed by atoms with Gasteiger partial charge in [-0.2, -0.15) is 0 Å². The Labute approximate surface area is 100 Å². The van der Waals surface area contributed by atoms with Crippen molar-refractivity contribution in [2.45, 2.75) is 31.1 Å². The molecule has 0 heterocycles. The third-order valence-corrected chi connectivity index (χ3v) is 3.79. The number of benzene rings is 1. The van der Waals surface area contributed by atoms with Gasteiger partial charge in [0, 0.05) is 23.6 Å². The minimum Gasteiger partial charge on any atom is -0.508 e. The summed E-state index contributed by atoms with van der Waals surface area (Å²) in [7, 11) is 1.38. The van der Waals surface area contributed by atoms with Crippen molar-refractivity contribution in [2.24, 2.45) is 5.73 Å². The zero-order chi connectivity index (χ0) is 12.5. The van der Waals surface area contributed by atoms with Crippen LogP contribution < -0.4 is 10.5 Å². The van der Waals surface area contributed by atoms with Crippen molar-refractivity contribution in [2.75, 3.05) is 13.7 Å². The first-order valence-corrected chi connectivity index (χ1v) is 5.90. The van der Waals surface area contributed by atoms with E-state index in [-0.39, 0.29) is 16.9 Å². The lowest BCUT2D eigenvalue weighted by Gasteiger charge is -2.28. The summed E-state index contributed by atoms with van der Waals surface area (Å²) in [6.45, 7) is 0.437. The van der Waals surface area contributed by atoms with Gasteiger partial charge in [-0.25, -0.2) is 4.39 Å². The van der Waals surface area contributed by atoms with Crippen LogP contribution in [-0.4, -0.2) is 18.8 Å². The van der Waals surface area contributed by atoms with E-state index in [1.807, 2.05) is 0 Å². The molecule has 0 radical (unpaired) electrons. The summed E-state index contributed by atoms with van der Waals surface area (Å²) in [6, 6.07) is 2.70. The molecule has 2 rings (SSSR count). The zero-order valence-corrected chi connectivity index (χ0v) is 10.0. The fourth-order valence-corrected chi connectivity index (χ4v) is 2.76. The molecule has 1 aliphatic rings. The SMILES string of the molecule is COc1cc(O)c(C2(CN)CCCC2)cc1F. The molecule has 1 aromatic rings. The van der Waals surface area contributed by atoms with E-state index in [0.717, 1.165) is 25.7 Å². The Bertz CT molecular complexity index is 414. The predicted octanol–water partition coefficient (Wildman–Crippen LogP) is 2.31. The number of rotatable bonds is 3. The topological polar surface area (TPSA) is 55.5 Å². The van der Waals surface area contributed by atoms with E-state index in [2.05, 4.69) is 0 Å². The quantitative estimate of drug-likeness (QED) is 0.851. The van der Waals surface area contributed by atoms with Crippen molar-refractivity contribution in [3.63, 3.8) is 0 Å². The molecule has 1 saturated carbocycles. The smallest absolute Gasteiger partial charge is 0.165 e. The second-order valence-corrected chi connectivity index (χ2v) is 4.70. The average Bonchev–Trinajstić information content (AvgIpc) is 2.81. The largest absolute Gasteiger partial charge is 0.508 e. The Kier molecular flexibility index (Phi) is 3.24. The van der Waals surface area contributed by atoms with Crippen LogP contribution in [-0.2, 0) is 5.41 Å². The Morgan fingerprint density at radius 3 is 2.59 bits per heavy atom. The number of methoxy groups -OCH3 is 1. The highest BCUT2D eigenvalue weighted by Crippen LogP contribution is 2.45. The van der Waals surface area contributed by atoms with Gasteiger partial charge in [0.15, 0.2) is 11.6 Å². The van der Waals surface area contributed by atoms with Gasteiger partial charge in [-0.1, -0.05) is 12.8 Å². The highest BCUT2D eigenvalue weighted by atomic mass is 19.1. The van der Waals surface area contributed by atoms with Gasteiger partial charge in [-0.15, -0.1) is 0 Å². The van der Waals surface area contributed by atoms with Gasteiger partial charge in [0.1, 0.15) is 5.75 Å². The molecule has 94 valence electrons. The maximum atomic E-state index is 13.7. The van der Waals surface area contributed by atoms with E-state index in [9.17, 15) is 9.50 Å². The molecule has 1 fully saturated rings. The summed E-state index contributed by atoms with van der Waals surface area (Å²) in [5.74, 6) is -0.299. The highest BCUT2D eigenvalue weighted by Gasteiger charge is 2.37. The van der Waals surface area contributed by atoms with Gasteiger partial charge in [-0.3, -0.25) is 0 Å². The molecule has 0 aromatic heterocycles. The molecule has 0 unspecified atom stereocenters. The van der Waals surface area contributed by atoms with Crippen LogP contribution in [0, 0.1) is 5.82 Å². The lowest BCUT2D eigenvalue weighted by molar-refractivity contribution is 0.367. The maximum absolute atomic E-state index is 13.7. The molecule has 0 spiro atoms. The Hall–Kier alpha value is -1.29. The van der Waals surface area contributed by atoms with Crippen LogP contribution in [0.25, 0.3) is 0 Å². The molecule has 17 heavy (non-hydrogen) atoms. The summed E-state index contributed by atoms with van der Waals surface area (Å²) in [5.41, 5.74) is 6.18. The number of ether oxygens (including phenoxy) is 1. The van der Waals surface area contributed by atoms with Gasteiger partial charge >= 0.3 is 0 Å². The number of nitrogens with two attached hydrogens (primary N) is 1. The van der Waals surface area contributed by atoms with E-state index < -0.39 is 5.82 Å². The number of aromatic hydroxyl groups is 1. The molecular weight excluding hydrogens is 221 g/mol. The second kappa shape index (κ2) is 4.53. The predicted molar refractivity (Wildman–Crippen MR) is 63.8 cm³/mol. The van der Waals surface area contributed by atoms with Gasteiger partial charge in [0.05, 0.1) is 7.11 Å². The minimum absolute atomic E-state index is 0.0661. The molecule has 0 bridgehead atoms. The number of phenols is 1. The average molecular weight is 239 g/mol. The first-order chi connectivity index (χ1) is 8.13. The fraction of sp³-hybridized carbons (Fsp3) is 0.538. The van der Waals surface area contributed by atoms with Crippen LogP contribution in [0.1, 0.15) is 31.2 Å². The zero-order valence-electron chi connectivity index (χ0n) is 10.0. The van der Waals surface area contributed by atoms with Crippen LogP contribution in [0.3, 0.4) is 0 Å². The first-order valence-electron chi connectivity index (χ1n) is 5.90. The minimum atomic E-state index is -0.444. The lowest BCUT2D eigenvalue weighted by Crippen LogP contribution is -2.32. The van der Waals surface area contributed by atoms with E-state index in [0.29, 0.717) is 12.1 Å². The lowest BCUT2D eigenvalue weighted by atomic mass is 9.78. The fourth-order valence-electron chi connectivity index (χ4n) is 2.76. The molecule has 0 aliphatic heterocycles. The first kappa shape index (κ1) is 12.2. The van der Waals surface area contributed by atoms with Crippen molar-refractivity contribution >= 4 is 0 Å². The molecular formula is C13H18FNO2. The summed E-state index contributed by atoms with van der Waals surface area (Å²) in [4.78, 5) is 0. The Morgan fingerprint density at radius 1 is 1.41 bits per heavy atom. The molecule has 0 atom stereocenters. The van der Waals surface area contributed by atoms with Crippen LogP contribution in [0.2, 0.25) is 0 Å². The molecule has 0 amide bonds. The highest BCUT2D eigenvalue weighted by molar-refractivity contribution is 5.45. The van der Waals surface area contributed by atoms with Gasteiger partial charge < -0.3 is 15.6 Å². The number of hydrogen-bond acceptors (Lipinski definition) is 3. The van der Waals surface area contributed by atoms with Crippen LogP contribution >= 0.6 is 0 Å². The van der Waals surface area contributed by atoms with Gasteiger partial charge in [-0.05, 0) is 18.9 Å². The van der Waals surface area contributed by atoms with E-state index >= 15 is 0 Å². The maximum Gasteiger partial charge on any atom is 0.165 e. The summed E-state index contributed by atoms with van der Waals surface area (Å²) < 4.78 is 18.6. The molecule has 3 nitrogen and oxygen atoms in total. The summed E-state index contributed by atoms with van der Waals surface area (Å²) in [5, 5.41) is 10.0. The number of phenolic OH excluding ortho intramolecular Hbond substituents is 1. The third-order valence-electron chi connectivity index (χ3n) is 3.79. The monoisotopic (exact) mass is 239 g/mol. The molecule has 1 aliphatic carbocycles. The van der Waals surface area contributed by atoms with E-state index in [4.69, 9.17) is 10.5 Å². The summed E-state index contributed by atoms with van der Waals surface area (Å²) in [6.07, 6.45) is 3.96. The Balaban J connectivity index is 2.47. The van der Waals surface area contributed by atoms with Crippen molar-refractivity contribution < 1.29 is 14.2 Å². The number of hydrogen-bond donors (Lipinski definition) is 2. The van der Waals surface area contributed by atoms with Crippen molar-refractivity contribution in [1.82, 2.24) is 0 Å². The van der Waals surface area contributed by atoms with Crippen molar-refractivity contribution in [1.29, 1.82) is 0 Å². The second-order valence-electron chi connectivity index (χ2n) is 4.70. The van der Waals surface area contributed by atoms with Crippen molar-refractivity contribution in [3.8, 4) is 11.5 Å². The van der Waals surface area contributed by atoms with Crippen LogP contribution in [0.5, 0.6) is 11.5 Å². The standard InChI is InChI=1S/C13H18FNO2/c1-17-12-7-11(16)9(6-10(12)14)13(8-15)4-2-3-5-13/h6-7,16H,2-5,8,15H2,1H3.